The predicted octanol–water partition coefficient (Wildman–Crippen LogP) is 1.51. The molecule has 4 N–H and O–H groups in total. The van der Waals surface area contributed by atoms with Crippen LogP contribution in [-0.2, 0) is 9.59 Å². The minimum Gasteiger partial charge on any atom is -0.481 e. The van der Waals surface area contributed by atoms with Crippen LogP contribution in [-0.4, -0.2) is 29.1 Å². The predicted molar refractivity (Wildman–Crippen MR) is 71.1 cm³/mol. The first kappa shape index (κ1) is 16.9. The number of aliphatic carboxylic acids is 1. The van der Waals surface area contributed by atoms with E-state index in [9.17, 15) is 9.59 Å². The normalized spacial score (nSPS) is 14.9. The molecule has 5 nitrogen and oxygen atoms in total. The van der Waals surface area contributed by atoms with Gasteiger partial charge in [0, 0.05) is 18.5 Å². The maximum Gasteiger partial charge on any atom is 0.305 e. The summed E-state index contributed by atoms with van der Waals surface area (Å²) in [5.74, 6) is -1.01. The van der Waals surface area contributed by atoms with Gasteiger partial charge in [0.15, 0.2) is 0 Å². The molecule has 0 aliphatic heterocycles. The molecule has 106 valence electrons. The highest BCUT2D eigenvalue weighted by Gasteiger charge is 2.22. The zero-order chi connectivity index (χ0) is 14.3. The first-order chi connectivity index (χ1) is 8.10. The molecule has 0 aromatic rings. The van der Waals surface area contributed by atoms with Crippen molar-refractivity contribution in [3.8, 4) is 0 Å². The molecule has 0 heterocycles. The van der Waals surface area contributed by atoms with E-state index in [2.05, 4.69) is 5.32 Å². The van der Waals surface area contributed by atoms with Crippen molar-refractivity contribution in [1.82, 2.24) is 5.32 Å². The third-order valence-electron chi connectivity index (χ3n) is 2.47. The lowest BCUT2D eigenvalue weighted by atomic mass is 9.87. The Morgan fingerprint density at radius 2 is 1.89 bits per heavy atom. The maximum absolute atomic E-state index is 11.7. The lowest BCUT2D eigenvalue weighted by molar-refractivity contribution is -0.137. The average molecular weight is 258 g/mol. The van der Waals surface area contributed by atoms with Gasteiger partial charge in [-0.05, 0) is 25.2 Å². The molecule has 0 fully saturated rings. The van der Waals surface area contributed by atoms with Crippen molar-refractivity contribution in [1.29, 1.82) is 0 Å². The van der Waals surface area contributed by atoms with Crippen molar-refractivity contribution >= 4 is 11.9 Å². The van der Waals surface area contributed by atoms with E-state index in [0.29, 0.717) is 19.3 Å². The number of hydrogen-bond acceptors (Lipinski definition) is 3. The van der Waals surface area contributed by atoms with Crippen LogP contribution in [0.3, 0.4) is 0 Å². The number of nitrogens with two attached hydrogens (primary N) is 1. The van der Waals surface area contributed by atoms with Crippen molar-refractivity contribution in [3.05, 3.63) is 0 Å². The van der Waals surface area contributed by atoms with Gasteiger partial charge in [-0.25, -0.2) is 0 Å². The Bertz CT molecular complexity index is 282. The molecule has 18 heavy (non-hydrogen) atoms. The zero-order valence-electron chi connectivity index (χ0n) is 11.8. The fourth-order valence-electron chi connectivity index (χ4n) is 1.78. The number of carbonyl (C=O) groups is 2. The van der Waals surface area contributed by atoms with E-state index < -0.39 is 5.97 Å². The average Bonchev–Trinajstić information content (AvgIpc) is 2.10. The van der Waals surface area contributed by atoms with Gasteiger partial charge >= 0.3 is 5.97 Å². The van der Waals surface area contributed by atoms with Gasteiger partial charge in [-0.3, -0.25) is 9.59 Å². The molecule has 0 aliphatic rings. The minimum absolute atomic E-state index is 0.0173. The Kier molecular flexibility index (Phi) is 6.91. The molecule has 5 heteroatoms. The highest BCUT2D eigenvalue weighted by molar-refractivity contribution is 5.77. The van der Waals surface area contributed by atoms with Crippen molar-refractivity contribution in [2.45, 2.75) is 65.5 Å². The van der Waals surface area contributed by atoms with Gasteiger partial charge in [-0.15, -0.1) is 0 Å². The van der Waals surface area contributed by atoms with Crippen LogP contribution in [0.2, 0.25) is 0 Å². The third-order valence-corrected chi connectivity index (χ3v) is 2.47. The summed E-state index contributed by atoms with van der Waals surface area (Å²) >= 11 is 0. The van der Waals surface area contributed by atoms with Crippen LogP contribution in [0.1, 0.15) is 53.4 Å². The van der Waals surface area contributed by atoms with Crippen LogP contribution in [0.5, 0.6) is 0 Å². The van der Waals surface area contributed by atoms with Crippen molar-refractivity contribution < 1.29 is 14.7 Å². The molecule has 0 saturated heterocycles. The number of nitrogens with one attached hydrogen (secondary N) is 1. The van der Waals surface area contributed by atoms with E-state index in [0.717, 1.165) is 0 Å². The number of amides is 1. The van der Waals surface area contributed by atoms with Gasteiger partial charge in [0.05, 0.1) is 6.42 Å². The van der Waals surface area contributed by atoms with Crippen LogP contribution in [0.25, 0.3) is 0 Å². The summed E-state index contributed by atoms with van der Waals surface area (Å²) in [6.45, 7) is 7.92. The van der Waals surface area contributed by atoms with E-state index in [-0.39, 0.29) is 29.8 Å². The monoisotopic (exact) mass is 258 g/mol. The molecule has 0 bridgehead atoms. The first-order valence-corrected chi connectivity index (χ1v) is 6.37. The second-order valence-electron chi connectivity index (χ2n) is 6.14. The largest absolute Gasteiger partial charge is 0.481 e. The first-order valence-electron chi connectivity index (χ1n) is 6.37. The Morgan fingerprint density at radius 1 is 1.33 bits per heavy atom. The van der Waals surface area contributed by atoms with Crippen LogP contribution < -0.4 is 11.1 Å². The Hall–Kier alpha value is -1.10. The number of carboxylic acid groups (broad SMARTS) is 1. The van der Waals surface area contributed by atoms with E-state index in [4.69, 9.17) is 10.8 Å². The summed E-state index contributed by atoms with van der Waals surface area (Å²) in [5.41, 5.74) is 5.56. The molecule has 0 radical (unpaired) electrons. The van der Waals surface area contributed by atoms with Crippen LogP contribution in [0, 0.1) is 5.41 Å². The standard InChI is InChI=1S/C13H26N2O3/c1-9(14)5-6-11(16)15-10(7-12(17)18)8-13(2,3)4/h9-10H,5-8,14H2,1-4H3,(H,15,16)(H,17,18). The highest BCUT2D eigenvalue weighted by Crippen LogP contribution is 2.22. The molecule has 2 atom stereocenters. The topological polar surface area (TPSA) is 92.4 Å². The van der Waals surface area contributed by atoms with Crippen LogP contribution in [0.4, 0.5) is 0 Å². The number of carboxylic acids is 1. The summed E-state index contributed by atoms with van der Waals surface area (Å²) in [4.78, 5) is 22.4. The second kappa shape index (κ2) is 7.36. The fourth-order valence-corrected chi connectivity index (χ4v) is 1.78. The number of rotatable bonds is 7. The molecular weight excluding hydrogens is 232 g/mol. The second-order valence-corrected chi connectivity index (χ2v) is 6.14. The zero-order valence-corrected chi connectivity index (χ0v) is 11.8. The Balaban J connectivity index is 4.31. The van der Waals surface area contributed by atoms with Gasteiger partial charge in [0.25, 0.3) is 0 Å². The molecule has 0 saturated carbocycles. The lowest BCUT2D eigenvalue weighted by Gasteiger charge is -2.26. The van der Waals surface area contributed by atoms with Crippen molar-refractivity contribution in [3.63, 3.8) is 0 Å². The molecule has 2 unspecified atom stereocenters. The highest BCUT2D eigenvalue weighted by atomic mass is 16.4. The summed E-state index contributed by atoms with van der Waals surface area (Å²) in [6, 6.07) is -0.334. The lowest BCUT2D eigenvalue weighted by Crippen LogP contribution is -2.39. The fraction of sp³-hybridized carbons (Fsp3) is 0.846. The molecule has 0 aromatic carbocycles. The van der Waals surface area contributed by atoms with Gasteiger partial charge in [0.1, 0.15) is 0 Å². The van der Waals surface area contributed by atoms with E-state index in [1.54, 1.807) is 0 Å². The van der Waals surface area contributed by atoms with Crippen LogP contribution >= 0.6 is 0 Å². The molecular formula is C13H26N2O3. The summed E-state index contributed by atoms with van der Waals surface area (Å²) in [5, 5.41) is 11.6. The Morgan fingerprint density at radius 3 is 2.28 bits per heavy atom. The quantitative estimate of drug-likeness (QED) is 0.645. The summed E-state index contributed by atoms with van der Waals surface area (Å²) in [7, 11) is 0. The van der Waals surface area contributed by atoms with Gasteiger partial charge < -0.3 is 16.2 Å². The van der Waals surface area contributed by atoms with E-state index in [1.807, 2.05) is 27.7 Å². The van der Waals surface area contributed by atoms with E-state index >= 15 is 0 Å². The van der Waals surface area contributed by atoms with Crippen molar-refractivity contribution in [2.24, 2.45) is 11.1 Å². The van der Waals surface area contributed by atoms with Crippen molar-refractivity contribution in [2.75, 3.05) is 0 Å². The number of carbonyl (C=O) groups excluding carboxylic acids is 1. The van der Waals surface area contributed by atoms with Crippen LogP contribution in [0.15, 0.2) is 0 Å². The van der Waals surface area contributed by atoms with Gasteiger partial charge in [-0.2, -0.15) is 0 Å². The third kappa shape index (κ3) is 10.1. The SMILES string of the molecule is CC(N)CCC(=O)NC(CC(=O)O)CC(C)(C)C. The minimum atomic E-state index is -0.892. The molecule has 1 amide bonds. The van der Waals surface area contributed by atoms with Gasteiger partial charge in [0.2, 0.25) is 5.91 Å². The smallest absolute Gasteiger partial charge is 0.305 e. The molecule has 0 aromatic heterocycles. The summed E-state index contributed by atoms with van der Waals surface area (Å²) < 4.78 is 0. The summed E-state index contributed by atoms with van der Waals surface area (Å²) in [6.07, 6.45) is 1.56. The maximum atomic E-state index is 11.7. The van der Waals surface area contributed by atoms with Gasteiger partial charge in [-0.1, -0.05) is 20.8 Å². The Labute approximate surface area is 109 Å². The molecule has 0 rings (SSSR count). The van der Waals surface area contributed by atoms with E-state index in [1.165, 1.54) is 0 Å². The molecule has 0 aliphatic carbocycles. The molecule has 0 spiro atoms. The number of hydrogen-bond donors (Lipinski definition) is 3.